The van der Waals surface area contributed by atoms with Crippen molar-refractivity contribution in [3.05, 3.63) is 46.6 Å². The number of rotatable bonds is 3. The molecular weight excluding hydrogens is 321 g/mol. The number of nitrogens with zero attached hydrogens (tertiary/aromatic N) is 3. The van der Waals surface area contributed by atoms with Gasteiger partial charge in [-0.25, -0.2) is 14.4 Å². The molecule has 1 heterocycles. The molecule has 3 nitrogen and oxygen atoms in total. The largest absolute Gasteiger partial charge is 0.240 e. The van der Waals surface area contributed by atoms with Crippen LogP contribution >= 0.6 is 15.9 Å². The summed E-state index contributed by atoms with van der Waals surface area (Å²) in [6.45, 7) is 3.87. The Morgan fingerprint density at radius 2 is 2.05 bits per heavy atom. The highest BCUT2D eigenvalue weighted by atomic mass is 79.9. The highest BCUT2D eigenvalue weighted by Crippen LogP contribution is 2.27. The monoisotopic (exact) mass is 333 g/mol. The second-order valence-corrected chi connectivity index (χ2v) is 5.69. The van der Waals surface area contributed by atoms with Gasteiger partial charge in [-0.2, -0.15) is 5.26 Å². The second-order valence-electron chi connectivity index (χ2n) is 4.78. The van der Waals surface area contributed by atoms with Crippen LogP contribution in [0.25, 0.3) is 11.3 Å². The summed E-state index contributed by atoms with van der Waals surface area (Å²) in [5, 5.41) is 9.20. The Bertz CT molecular complexity index is 664. The molecule has 102 valence electrons. The van der Waals surface area contributed by atoms with Crippen molar-refractivity contribution in [2.75, 3.05) is 0 Å². The highest BCUT2D eigenvalue weighted by Gasteiger charge is 2.19. The molecule has 0 spiro atoms. The lowest BCUT2D eigenvalue weighted by Crippen LogP contribution is -2.09. The maximum atomic E-state index is 13.9. The second kappa shape index (κ2) is 6.10. The van der Waals surface area contributed by atoms with Crippen LogP contribution in [-0.2, 0) is 0 Å². The van der Waals surface area contributed by atoms with Crippen molar-refractivity contribution in [3.8, 4) is 17.3 Å². The standard InChI is InChI=1S/C15H13BrFN3/c1-9(2)12(8-18)15-19-6-5-14(20-15)11-7-10(16)3-4-13(11)17/h3-7,9,12H,1-2H3. The Labute approximate surface area is 125 Å². The first kappa shape index (κ1) is 14.6. The van der Waals surface area contributed by atoms with Gasteiger partial charge in [0.25, 0.3) is 0 Å². The van der Waals surface area contributed by atoms with Crippen LogP contribution in [0.1, 0.15) is 25.6 Å². The molecule has 1 aromatic heterocycles. The normalized spacial score (nSPS) is 12.2. The van der Waals surface area contributed by atoms with Crippen molar-refractivity contribution in [1.82, 2.24) is 9.97 Å². The Morgan fingerprint density at radius 1 is 1.30 bits per heavy atom. The van der Waals surface area contributed by atoms with Crippen LogP contribution in [0, 0.1) is 23.1 Å². The summed E-state index contributed by atoms with van der Waals surface area (Å²) in [4.78, 5) is 8.48. The minimum absolute atomic E-state index is 0.0996. The van der Waals surface area contributed by atoms with Gasteiger partial charge in [0.1, 0.15) is 17.6 Å². The van der Waals surface area contributed by atoms with Gasteiger partial charge >= 0.3 is 0 Å². The van der Waals surface area contributed by atoms with E-state index in [2.05, 4.69) is 32.0 Å². The van der Waals surface area contributed by atoms with E-state index < -0.39 is 5.92 Å². The lowest BCUT2D eigenvalue weighted by Gasteiger charge is -2.12. The Kier molecular flexibility index (Phi) is 4.46. The maximum Gasteiger partial charge on any atom is 0.146 e. The van der Waals surface area contributed by atoms with Crippen LogP contribution in [0.5, 0.6) is 0 Å². The first-order chi connectivity index (χ1) is 9.52. The predicted molar refractivity (Wildman–Crippen MR) is 78.3 cm³/mol. The van der Waals surface area contributed by atoms with Gasteiger partial charge in [0.15, 0.2) is 0 Å². The van der Waals surface area contributed by atoms with E-state index in [1.165, 1.54) is 6.07 Å². The van der Waals surface area contributed by atoms with Crippen LogP contribution in [0.15, 0.2) is 34.9 Å². The summed E-state index contributed by atoms with van der Waals surface area (Å²) < 4.78 is 14.7. The molecule has 0 saturated heterocycles. The van der Waals surface area contributed by atoms with Gasteiger partial charge < -0.3 is 0 Å². The van der Waals surface area contributed by atoms with Gasteiger partial charge in [-0.15, -0.1) is 0 Å². The Hall–Kier alpha value is -1.80. The van der Waals surface area contributed by atoms with Crippen molar-refractivity contribution in [3.63, 3.8) is 0 Å². The first-order valence-corrected chi connectivity index (χ1v) is 7.00. The number of nitriles is 1. The molecule has 0 bridgehead atoms. The lowest BCUT2D eigenvalue weighted by molar-refractivity contribution is 0.561. The molecule has 0 amide bonds. The number of benzene rings is 1. The zero-order chi connectivity index (χ0) is 14.7. The fourth-order valence-corrected chi connectivity index (χ4v) is 2.23. The molecule has 0 N–H and O–H groups in total. The summed E-state index contributed by atoms with van der Waals surface area (Å²) in [6.07, 6.45) is 1.56. The molecule has 0 aliphatic rings. The Morgan fingerprint density at radius 3 is 2.70 bits per heavy atom. The summed E-state index contributed by atoms with van der Waals surface area (Å²) in [7, 11) is 0. The highest BCUT2D eigenvalue weighted by molar-refractivity contribution is 9.10. The number of hydrogen-bond donors (Lipinski definition) is 0. The van der Waals surface area contributed by atoms with Crippen LogP contribution < -0.4 is 0 Å². The van der Waals surface area contributed by atoms with Gasteiger partial charge in [0, 0.05) is 16.2 Å². The summed E-state index contributed by atoms with van der Waals surface area (Å²) in [6, 6.07) is 8.51. The molecule has 0 radical (unpaired) electrons. The van der Waals surface area contributed by atoms with Crippen LogP contribution in [0.4, 0.5) is 4.39 Å². The van der Waals surface area contributed by atoms with E-state index in [-0.39, 0.29) is 11.7 Å². The molecule has 1 aromatic carbocycles. The third kappa shape index (κ3) is 3.02. The van der Waals surface area contributed by atoms with Crippen LogP contribution in [0.3, 0.4) is 0 Å². The van der Waals surface area contributed by atoms with Crippen molar-refractivity contribution in [2.24, 2.45) is 5.92 Å². The summed E-state index contributed by atoms with van der Waals surface area (Å²) in [5.74, 6) is -0.219. The first-order valence-electron chi connectivity index (χ1n) is 6.21. The third-order valence-electron chi connectivity index (χ3n) is 2.96. The van der Waals surface area contributed by atoms with Crippen LogP contribution in [-0.4, -0.2) is 9.97 Å². The van der Waals surface area contributed by atoms with Gasteiger partial charge in [-0.05, 0) is 30.2 Å². The van der Waals surface area contributed by atoms with E-state index in [0.717, 1.165) is 4.47 Å². The van der Waals surface area contributed by atoms with Gasteiger partial charge in [-0.1, -0.05) is 29.8 Å². The van der Waals surface area contributed by atoms with Crippen molar-refractivity contribution in [2.45, 2.75) is 19.8 Å². The maximum absolute atomic E-state index is 13.9. The molecule has 0 aliphatic heterocycles. The molecule has 2 rings (SSSR count). The SMILES string of the molecule is CC(C)C(C#N)c1nccc(-c2cc(Br)ccc2F)n1. The molecule has 20 heavy (non-hydrogen) atoms. The van der Waals surface area contributed by atoms with E-state index in [0.29, 0.717) is 17.1 Å². The van der Waals surface area contributed by atoms with E-state index in [4.69, 9.17) is 0 Å². The fraction of sp³-hybridized carbons (Fsp3) is 0.267. The van der Waals surface area contributed by atoms with Crippen molar-refractivity contribution >= 4 is 15.9 Å². The molecule has 0 saturated carbocycles. The smallest absolute Gasteiger partial charge is 0.146 e. The van der Waals surface area contributed by atoms with Gasteiger partial charge in [0.05, 0.1) is 11.8 Å². The molecular formula is C15H13BrFN3. The molecule has 1 unspecified atom stereocenters. The zero-order valence-electron chi connectivity index (χ0n) is 11.1. The van der Waals surface area contributed by atoms with E-state index >= 15 is 0 Å². The van der Waals surface area contributed by atoms with E-state index in [9.17, 15) is 9.65 Å². The van der Waals surface area contributed by atoms with E-state index in [1.807, 2.05) is 13.8 Å². The molecule has 2 aromatic rings. The van der Waals surface area contributed by atoms with Gasteiger partial charge in [-0.3, -0.25) is 0 Å². The van der Waals surface area contributed by atoms with Gasteiger partial charge in [0.2, 0.25) is 0 Å². The minimum Gasteiger partial charge on any atom is -0.240 e. The topological polar surface area (TPSA) is 49.6 Å². The minimum atomic E-state index is -0.398. The van der Waals surface area contributed by atoms with Crippen LogP contribution in [0.2, 0.25) is 0 Å². The number of aromatic nitrogens is 2. The predicted octanol–water partition coefficient (Wildman–Crippen LogP) is 4.31. The summed E-state index contributed by atoms with van der Waals surface area (Å²) in [5.41, 5.74) is 0.873. The summed E-state index contributed by atoms with van der Waals surface area (Å²) >= 11 is 3.32. The average molecular weight is 334 g/mol. The quantitative estimate of drug-likeness (QED) is 0.840. The Balaban J connectivity index is 2.50. The lowest BCUT2D eigenvalue weighted by atomic mass is 9.96. The number of halogens is 2. The third-order valence-corrected chi connectivity index (χ3v) is 3.46. The molecule has 5 heteroatoms. The van der Waals surface area contributed by atoms with Crippen molar-refractivity contribution in [1.29, 1.82) is 5.26 Å². The molecule has 0 aliphatic carbocycles. The van der Waals surface area contributed by atoms with Crippen molar-refractivity contribution < 1.29 is 4.39 Å². The van der Waals surface area contributed by atoms with E-state index in [1.54, 1.807) is 24.4 Å². The molecule has 1 atom stereocenters. The fourth-order valence-electron chi connectivity index (χ4n) is 1.87. The molecule has 0 fully saturated rings. The zero-order valence-corrected chi connectivity index (χ0v) is 12.7. The average Bonchev–Trinajstić information content (AvgIpc) is 2.42. The number of hydrogen-bond acceptors (Lipinski definition) is 3.